The van der Waals surface area contributed by atoms with Gasteiger partial charge in [-0.2, -0.15) is 5.10 Å². The lowest BCUT2D eigenvalue weighted by atomic mass is 9.97. The Morgan fingerprint density at radius 3 is 3.28 bits per heavy atom. The highest BCUT2D eigenvalue weighted by atomic mass is 16.1. The van der Waals surface area contributed by atoms with Crippen LogP contribution in [0.25, 0.3) is 5.52 Å². The highest BCUT2D eigenvalue weighted by molar-refractivity contribution is 5.72. The van der Waals surface area contributed by atoms with E-state index in [1.54, 1.807) is 6.92 Å². The van der Waals surface area contributed by atoms with E-state index >= 15 is 0 Å². The maximum Gasteiger partial charge on any atom is 0.216 e. The Hall–Kier alpha value is -1.84. The van der Waals surface area contributed by atoms with Crippen molar-refractivity contribution in [1.29, 1.82) is 0 Å². The molecule has 1 aliphatic carbocycles. The smallest absolute Gasteiger partial charge is 0.216 e. The fourth-order valence-corrected chi connectivity index (χ4v) is 2.94. The molecule has 0 saturated carbocycles. The Morgan fingerprint density at radius 1 is 1.56 bits per heavy atom. The second-order valence-corrected chi connectivity index (χ2v) is 4.92. The van der Waals surface area contributed by atoms with Gasteiger partial charge in [-0.1, -0.05) is 0 Å². The van der Waals surface area contributed by atoms with Gasteiger partial charge in [0.2, 0.25) is 5.91 Å². The molecule has 2 aromatic rings. The largest absolute Gasteiger partial charge is 0.356 e. The molecule has 1 atom stereocenters. The number of aryl methyl sites for hydroxylation is 1. The maximum absolute atomic E-state index is 10.9. The van der Waals surface area contributed by atoms with Gasteiger partial charge < -0.3 is 5.32 Å². The lowest BCUT2D eigenvalue weighted by molar-refractivity contribution is -0.118. The molecule has 4 nitrogen and oxygen atoms in total. The van der Waals surface area contributed by atoms with Gasteiger partial charge in [0.15, 0.2) is 0 Å². The van der Waals surface area contributed by atoms with Gasteiger partial charge in [0.25, 0.3) is 0 Å². The van der Waals surface area contributed by atoms with E-state index in [1.807, 2.05) is 16.9 Å². The number of nitrogens with zero attached hydrogens (tertiary/aromatic N) is 2. The minimum Gasteiger partial charge on any atom is -0.356 e. The minimum absolute atomic E-state index is 0.0516. The first-order valence-electron chi connectivity index (χ1n) is 6.45. The van der Waals surface area contributed by atoms with Gasteiger partial charge in [-0.25, -0.2) is 4.52 Å². The van der Waals surface area contributed by atoms with Gasteiger partial charge in [0, 0.05) is 25.9 Å². The Bertz CT molecular complexity index is 588. The lowest BCUT2D eigenvalue weighted by Crippen LogP contribution is -2.22. The van der Waals surface area contributed by atoms with E-state index in [2.05, 4.69) is 22.5 Å². The van der Waals surface area contributed by atoms with Crippen LogP contribution in [-0.2, 0) is 11.2 Å². The molecule has 0 aromatic carbocycles. The number of hydrogen-bond acceptors (Lipinski definition) is 2. The number of fused-ring (bicyclic) bond motifs is 3. The number of amides is 1. The fourth-order valence-electron chi connectivity index (χ4n) is 2.94. The summed E-state index contributed by atoms with van der Waals surface area (Å²) in [5.74, 6) is 0.600. The van der Waals surface area contributed by atoms with Gasteiger partial charge in [0.1, 0.15) is 0 Å². The molecule has 1 N–H and O–H groups in total. The van der Waals surface area contributed by atoms with Gasteiger partial charge in [-0.15, -0.1) is 0 Å². The molecule has 1 aliphatic rings. The second kappa shape index (κ2) is 4.44. The van der Waals surface area contributed by atoms with Crippen molar-refractivity contribution in [3.8, 4) is 0 Å². The topological polar surface area (TPSA) is 46.4 Å². The van der Waals surface area contributed by atoms with Crippen molar-refractivity contribution < 1.29 is 4.79 Å². The zero-order valence-corrected chi connectivity index (χ0v) is 10.5. The predicted octanol–water partition coefficient (Wildman–Crippen LogP) is 1.89. The molecule has 94 valence electrons. The van der Waals surface area contributed by atoms with Crippen molar-refractivity contribution in [3.05, 3.63) is 35.7 Å². The van der Waals surface area contributed by atoms with Crippen LogP contribution in [0, 0.1) is 0 Å². The molecule has 2 aromatic heterocycles. The molecule has 1 amide bonds. The Kier molecular flexibility index (Phi) is 2.78. The van der Waals surface area contributed by atoms with Crippen molar-refractivity contribution >= 4 is 11.4 Å². The molecule has 0 bridgehead atoms. The predicted molar refractivity (Wildman–Crippen MR) is 69.6 cm³/mol. The van der Waals surface area contributed by atoms with Crippen molar-refractivity contribution in [2.24, 2.45) is 0 Å². The minimum atomic E-state index is 0.0516. The average Bonchev–Trinajstić information content (AvgIpc) is 2.93. The van der Waals surface area contributed by atoms with Gasteiger partial charge in [0.05, 0.1) is 5.52 Å². The van der Waals surface area contributed by atoms with E-state index in [9.17, 15) is 4.79 Å². The van der Waals surface area contributed by atoms with Crippen LogP contribution in [-0.4, -0.2) is 22.1 Å². The Morgan fingerprint density at radius 2 is 2.44 bits per heavy atom. The molecule has 0 saturated heterocycles. The number of carbonyl (C=O) groups is 1. The molecular weight excluding hydrogens is 226 g/mol. The molecule has 18 heavy (non-hydrogen) atoms. The zero-order chi connectivity index (χ0) is 12.5. The highest BCUT2D eigenvalue weighted by Gasteiger charge is 2.24. The number of rotatable bonds is 3. The lowest BCUT2D eigenvalue weighted by Gasteiger charge is -2.13. The van der Waals surface area contributed by atoms with Crippen molar-refractivity contribution in [1.82, 2.24) is 14.9 Å². The standard InChI is InChI=1S/C14H17N3O/c1-10(18)15-7-4-11-2-3-12-6-9-17-13(14(11)12)5-8-16-17/h5-6,8-9,11H,2-4,7H2,1H3,(H,15,18). The molecule has 0 aliphatic heterocycles. The summed E-state index contributed by atoms with van der Waals surface area (Å²) in [6.45, 7) is 2.33. The summed E-state index contributed by atoms with van der Waals surface area (Å²) in [7, 11) is 0. The van der Waals surface area contributed by atoms with Crippen LogP contribution in [0.15, 0.2) is 24.5 Å². The molecule has 0 spiro atoms. The molecule has 3 rings (SSSR count). The summed E-state index contributed by atoms with van der Waals surface area (Å²) in [6, 6.07) is 4.25. The van der Waals surface area contributed by atoms with Crippen molar-refractivity contribution in [2.75, 3.05) is 6.54 Å². The monoisotopic (exact) mass is 243 g/mol. The van der Waals surface area contributed by atoms with Crippen molar-refractivity contribution in [3.63, 3.8) is 0 Å². The summed E-state index contributed by atoms with van der Waals surface area (Å²) in [6.07, 6.45) is 7.21. The van der Waals surface area contributed by atoms with E-state index in [0.29, 0.717) is 5.92 Å². The van der Waals surface area contributed by atoms with E-state index in [4.69, 9.17) is 0 Å². The van der Waals surface area contributed by atoms with Crippen LogP contribution in [0.4, 0.5) is 0 Å². The van der Waals surface area contributed by atoms with Crippen LogP contribution < -0.4 is 5.32 Å². The third kappa shape index (κ3) is 1.88. The summed E-state index contributed by atoms with van der Waals surface area (Å²) in [4.78, 5) is 10.9. The molecular formula is C14H17N3O. The zero-order valence-electron chi connectivity index (χ0n) is 10.5. The van der Waals surface area contributed by atoms with Crippen LogP contribution in [0.3, 0.4) is 0 Å². The first kappa shape index (κ1) is 11.3. The second-order valence-electron chi connectivity index (χ2n) is 4.92. The van der Waals surface area contributed by atoms with Crippen LogP contribution in [0.5, 0.6) is 0 Å². The van der Waals surface area contributed by atoms with Gasteiger partial charge >= 0.3 is 0 Å². The molecule has 4 heteroatoms. The molecule has 2 heterocycles. The first-order valence-corrected chi connectivity index (χ1v) is 6.45. The number of nitrogens with one attached hydrogen (secondary N) is 1. The van der Waals surface area contributed by atoms with Crippen LogP contribution in [0.1, 0.15) is 36.8 Å². The third-order valence-corrected chi connectivity index (χ3v) is 3.75. The molecule has 0 fully saturated rings. The fraction of sp³-hybridized carbons (Fsp3) is 0.429. The van der Waals surface area contributed by atoms with E-state index in [1.165, 1.54) is 23.1 Å². The van der Waals surface area contributed by atoms with Crippen molar-refractivity contribution in [2.45, 2.75) is 32.1 Å². The quantitative estimate of drug-likeness (QED) is 0.894. The van der Waals surface area contributed by atoms with E-state index in [0.717, 1.165) is 19.4 Å². The van der Waals surface area contributed by atoms with Crippen LogP contribution >= 0.6 is 0 Å². The highest BCUT2D eigenvalue weighted by Crippen LogP contribution is 2.37. The number of carbonyl (C=O) groups excluding carboxylic acids is 1. The Balaban J connectivity index is 1.85. The Labute approximate surface area is 106 Å². The summed E-state index contributed by atoms with van der Waals surface area (Å²) < 4.78 is 1.94. The number of pyridine rings is 1. The number of aromatic nitrogens is 2. The summed E-state index contributed by atoms with van der Waals surface area (Å²) >= 11 is 0. The normalized spacial score (nSPS) is 17.9. The third-order valence-electron chi connectivity index (χ3n) is 3.75. The molecule has 0 radical (unpaired) electrons. The first-order chi connectivity index (χ1) is 8.75. The van der Waals surface area contributed by atoms with E-state index < -0.39 is 0 Å². The summed E-state index contributed by atoms with van der Waals surface area (Å²) in [5, 5.41) is 7.17. The summed E-state index contributed by atoms with van der Waals surface area (Å²) in [5.41, 5.74) is 4.09. The average molecular weight is 243 g/mol. The maximum atomic E-state index is 10.9. The SMILES string of the molecule is CC(=O)NCCC1CCc2ccn3nccc3c21. The number of hydrogen-bond donors (Lipinski definition) is 1. The van der Waals surface area contributed by atoms with Gasteiger partial charge in [-0.05, 0) is 48.4 Å². The van der Waals surface area contributed by atoms with Gasteiger partial charge in [-0.3, -0.25) is 4.79 Å². The molecule has 1 unspecified atom stereocenters. The van der Waals surface area contributed by atoms with E-state index in [-0.39, 0.29) is 5.91 Å². The van der Waals surface area contributed by atoms with Crippen LogP contribution in [0.2, 0.25) is 0 Å².